The van der Waals surface area contributed by atoms with Crippen molar-refractivity contribution in [3.8, 4) is 0 Å². The van der Waals surface area contributed by atoms with Gasteiger partial charge in [0.05, 0.1) is 17.1 Å². The zero-order valence-electron chi connectivity index (χ0n) is 12.7. The molecule has 1 atom stereocenters. The number of aromatic nitrogens is 2. The van der Waals surface area contributed by atoms with E-state index in [1.807, 2.05) is 17.8 Å². The Morgan fingerprint density at radius 1 is 1.25 bits per heavy atom. The molecule has 1 aromatic carbocycles. The maximum atomic E-state index is 6.36. The van der Waals surface area contributed by atoms with Crippen LogP contribution in [0.5, 0.6) is 0 Å². The average Bonchev–Trinajstić information content (AvgIpc) is 2.81. The Labute approximate surface area is 125 Å². The van der Waals surface area contributed by atoms with Gasteiger partial charge in [0.15, 0.2) is 0 Å². The fraction of sp³-hybridized carbons (Fsp3) is 0.562. The van der Waals surface area contributed by atoms with E-state index in [0.29, 0.717) is 5.92 Å². The van der Waals surface area contributed by atoms with Crippen molar-refractivity contribution in [3.05, 3.63) is 30.1 Å². The van der Waals surface area contributed by atoms with Crippen molar-refractivity contribution in [2.75, 3.05) is 12.0 Å². The van der Waals surface area contributed by atoms with Crippen LogP contribution in [-0.4, -0.2) is 21.6 Å². The van der Waals surface area contributed by atoms with Crippen LogP contribution >= 0.6 is 11.8 Å². The topological polar surface area (TPSA) is 43.8 Å². The lowest BCUT2D eigenvalue weighted by Gasteiger charge is -2.15. The van der Waals surface area contributed by atoms with Crippen LogP contribution in [0.25, 0.3) is 11.0 Å². The molecule has 0 saturated carbocycles. The molecule has 0 fully saturated rings. The maximum absolute atomic E-state index is 6.36. The first-order valence-corrected chi connectivity index (χ1v) is 8.72. The van der Waals surface area contributed by atoms with Crippen LogP contribution < -0.4 is 5.73 Å². The van der Waals surface area contributed by atoms with E-state index in [-0.39, 0.29) is 6.04 Å². The summed E-state index contributed by atoms with van der Waals surface area (Å²) in [5, 5.41) is 0. The molecule has 0 aliphatic rings. The molecule has 3 nitrogen and oxygen atoms in total. The van der Waals surface area contributed by atoms with E-state index in [1.54, 1.807) is 0 Å². The van der Waals surface area contributed by atoms with Crippen LogP contribution in [0.3, 0.4) is 0 Å². The number of aryl methyl sites for hydroxylation is 1. The molecule has 0 bridgehead atoms. The second-order valence-corrected chi connectivity index (χ2v) is 6.67. The molecule has 110 valence electrons. The first-order chi connectivity index (χ1) is 9.63. The highest BCUT2D eigenvalue weighted by Crippen LogP contribution is 2.23. The average molecular weight is 291 g/mol. The lowest BCUT2D eigenvalue weighted by molar-refractivity contribution is 0.496. The van der Waals surface area contributed by atoms with Crippen LogP contribution in [0.1, 0.15) is 38.6 Å². The van der Waals surface area contributed by atoms with E-state index in [2.05, 4.69) is 42.9 Å². The number of fused-ring (bicyclic) bond motifs is 1. The number of rotatable bonds is 7. The Kier molecular flexibility index (Phi) is 5.49. The van der Waals surface area contributed by atoms with Crippen molar-refractivity contribution in [1.29, 1.82) is 0 Å². The van der Waals surface area contributed by atoms with Crippen LogP contribution in [0.15, 0.2) is 24.3 Å². The van der Waals surface area contributed by atoms with Gasteiger partial charge in [-0.05, 0) is 42.9 Å². The highest BCUT2D eigenvalue weighted by atomic mass is 32.2. The third kappa shape index (κ3) is 3.55. The molecule has 0 aliphatic carbocycles. The minimum Gasteiger partial charge on any atom is -0.327 e. The van der Waals surface area contributed by atoms with Crippen LogP contribution in [-0.2, 0) is 6.54 Å². The van der Waals surface area contributed by atoms with Gasteiger partial charge in [0.25, 0.3) is 0 Å². The minimum atomic E-state index is 0.0296. The number of benzene rings is 1. The van der Waals surface area contributed by atoms with Gasteiger partial charge in [-0.15, -0.1) is 0 Å². The van der Waals surface area contributed by atoms with E-state index < -0.39 is 0 Å². The predicted molar refractivity (Wildman–Crippen MR) is 89.1 cm³/mol. The zero-order valence-corrected chi connectivity index (χ0v) is 13.5. The summed E-state index contributed by atoms with van der Waals surface area (Å²) in [7, 11) is 0. The lowest BCUT2D eigenvalue weighted by atomic mass is 10.1. The van der Waals surface area contributed by atoms with Gasteiger partial charge in [-0.1, -0.05) is 26.0 Å². The molecule has 0 spiro atoms. The quantitative estimate of drug-likeness (QED) is 0.843. The molecule has 2 N–H and O–H groups in total. The standard InChI is InChI=1S/C16H25N3S/c1-12(2)8-10-19-15-7-5-4-6-14(15)18-16(19)13(17)9-11-20-3/h4-7,12-13H,8-11,17H2,1-3H3. The SMILES string of the molecule is CSCCC(N)c1nc2ccccc2n1CCC(C)C. The highest BCUT2D eigenvalue weighted by Gasteiger charge is 2.16. The fourth-order valence-corrected chi connectivity index (χ4v) is 2.86. The molecule has 1 heterocycles. The second kappa shape index (κ2) is 7.14. The normalized spacial score (nSPS) is 13.2. The van der Waals surface area contributed by atoms with Crippen molar-refractivity contribution in [2.45, 2.75) is 39.3 Å². The van der Waals surface area contributed by atoms with Gasteiger partial charge in [0.1, 0.15) is 5.82 Å². The number of imidazole rings is 1. The first kappa shape index (κ1) is 15.4. The third-order valence-electron chi connectivity index (χ3n) is 3.58. The van der Waals surface area contributed by atoms with Crippen molar-refractivity contribution >= 4 is 22.8 Å². The maximum Gasteiger partial charge on any atom is 0.126 e. The van der Waals surface area contributed by atoms with Gasteiger partial charge in [0.2, 0.25) is 0 Å². The molecule has 1 unspecified atom stereocenters. The number of para-hydroxylation sites is 2. The fourth-order valence-electron chi connectivity index (χ4n) is 2.37. The molecular weight excluding hydrogens is 266 g/mol. The van der Waals surface area contributed by atoms with E-state index in [9.17, 15) is 0 Å². The summed E-state index contributed by atoms with van der Waals surface area (Å²) < 4.78 is 2.32. The summed E-state index contributed by atoms with van der Waals surface area (Å²) >= 11 is 1.84. The number of nitrogens with two attached hydrogens (primary N) is 1. The Morgan fingerprint density at radius 3 is 2.70 bits per heavy atom. The van der Waals surface area contributed by atoms with Gasteiger partial charge in [-0.3, -0.25) is 0 Å². The summed E-state index contributed by atoms with van der Waals surface area (Å²) in [5.41, 5.74) is 8.63. The Bertz CT molecular complexity index is 548. The molecular formula is C16H25N3S. The van der Waals surface area contributed by atoms with Gasteiger partial charge in [-0.2, -0.15) is 11.8 Å². The van der Waals surface area contributed by atoms with Crippen molar-refractivity contribution in [2.24, 2.45) is 11.7 Å². The molecule has 0 saturated heterocycles. The summed E-state index contributed by atoms with van der Waals surface area (Å²) in [6, 6.07) is 8.37. The highest BCUT2D eigenvalue weighted by molar-refractivity contribution is 7.98. The van der Waals surface area contributed by atoms with Crippen LogP contribution in [0, 0.1) is 5.92 Å². The second-order valence-electron chi connectivity index (χ2n) is 5.68. The predicted octanol–water partition coefficient (Wildman–Crippen LogP) is 3.84. The molecule has 0 radical (unpaired) electrons. The zero-order chi connectivity index (χ0) is 14.5. The summed E-state index contributed by atoms with van der Waals surface area (Å²) in [4.78, 5) is 4.77. The van der Waals surface area contributed by atoms with Crippen molar-refractivity contribution in [1.82, 2.24) is 9.55 Å². The molecule has 0 aliphatic heterocycles. The van der Waals surface area contributed by atoms with Crippen LogP contribution in [0.2, 0.25) is 0 Å². The van der Waals surface area contributed by atoms with E-state index in [4.69, 9.17) is 10.7 Å². The van der Waals surface area contributed by atoms with E-state index >= 15 is 0 Å². The Balaban J connectivity index is 2.33. The summed E-state index contributed by atoms with van der Waals surface area (Å²) in [6.07, 6.45) is 4.25. The molecule has 2 aromatic rings. The number of hydrogen-bond acceptors (Lipinski definition) is 3. The molecule has 20 heavy (non-hydrogen) atoms. The summed E-state index contributed by atoms with van der Waals surface area (Å²) in [6.45, 7) is 5.51. The monoisotopic (exact) mass is 291 g/mol. The largest absolute Gasteiger partial charge is 0.327 e. The Morgan fingerprint density at radius 2 is 2.00 bits per heavy atom. The van der Waals surface area contributed by atoms with Crippen molar-refractivity contribution in [3.63, 3.8) is 0 Å². The summed E-state index contributed by atoms with van der Waals surface area (Å²) in [5.74, 6) is 2.81. The molecule has 2 rings (SSSR count). The molecule has 0 amide bonds. The number of nitrogens with zero attached hydrogens (tertiary/aromatic N) is 2. The van der Waals surface area contributed by atoms with Gasteiger partial charge < -0.3 is 10.3 Å². The van der Waals surface area contributed by atoms with Gasteiger partial charge in [0, 0.05) is 6.54 Å². The molecule has 4 heteroatoms. The Hall–Kier alpha value is -1.00. The third-order valence-corrected chi connectivity index (χ3v) is 4.22. The smallest absolute Gasteiger partial charge is 0.126 e. The minimum absolute atomic E-state index is 0.0296. The van der Waals surface area contributed by atoms with Crippen LogP contribution in [0.4, 0.5) is 0 Å². The number of thioether (sulfide) groups is 1. The van der Waals surface area contributed by atoms with E-state index in [1.165, 1.54) is 5.52 Å². The molecule has 1 aromatic heterocycles. The first-order valence-electron chi connectivity index (χ1n) is 7.33. The van der Waals surface area contributed by atoms with Crippen molar-refractivity contribution < 1.29 is 0 Å². The van der Waals surface area contributed by atoms with Gasteiger partial charge >= 0.3 is 0 Å². The number of hydrogen-bond donors (Lipinski definition) is 1. The van der Waals surface area contributed by atoms with Gasteiger partial charge in [-0.25, -0.2) is 4.98 Å². The lowest BCUT2D eigenvalue weighted by Crippen LogP contribution is -2.18. The van der Waals surface area contributed by atoms with E-state index in [0.717, 1.165) is 36.5 Å².